The van der Waals surface area contributed by atoms with Crippen molar-refractivity contribution in [3.05, 3.63) is 0 Å². The van der Waals surface area contributed by atoms with E-state index in [0.29, 0.717) is 6.42 Å². The zero-order chi connectivity index (χ0) is 16.0. The third-order valence-electron chi connectivity index (χ3n) is 3.24. The molecule has 1 aliphatic rings. The smallest absolute Gasteiger partial charge is 0.326 e. The first-order chi connectivity index (χ1) is 9.85. The minimum Gasteiger partial charge on any atom is -0.480 e. The second kappa shape index (κ2) is 7.61. The summed E-state index contributed by atoms with van der Waals surface area (Å²) in [6.07, 6.45) is 0.472. The fourth-order valence-corrected chi connectivity index (χ4v) is 2.11. The van der Waals surface area contributed by atoms with Gasteiger partial charge < -0.3 is 20.5 Å². The van der Waals surface area contributed by atoms with E-state index in [9.17, 15) is 24.3 Å². The highest BCUT2D eigenvalue weighted by Crippen LogP contribution is 2.12. The Kier molecular flexibility index (Phi) is 6.13. The lowest BCUT2D eigenvalue weighted by Gasteiger charge is -2.22. The van der Waals surface area contributed by atoms with E-state index in [1.54, 1.807) is 13.8 Å². The van der Waals surface area contributed by atoms with Crippen LogP contribution < -0.4 is 10.6 Å². The molecule has 0 aliphatic carbocycles. The van der Waals surface area contributed by atoms with E-state index in [1.807, 2.05) is 0 Å². The number of carbonyl (C=O) groups is 4. The highest BCUT2D eigenvalue weighted by atomic mass is 16.5. The van der Waals surface area contributed by atoms with E-state index in [4.69, 9.17) is 4.74 Å². The molecule has 3 N–H and O–H groups in total. The van der Waals surface area contributed by atoms with Crippen molar-refractivity contribution in [2.75, 3.05) is 6.61 Å². The maximum absolute atomic E-state index is 11.9. The van der Waals surface area contributed by atoms with Gasteiger partial charge in [-0.25, -0.2) is 4.79 Å². The van der Waals surface area contributed by atoms with Gasteiger partial charge in [-0.1, -0.05) is 6.92 Å². The average Bonchev–Trinajstić information content (AvgIpc) is 2.82. The monoisotopic (exact) mass is 300 g/mol. The zero-order valence-corrected chi connectivity index (χ0v) is 12.0. The van der Waals surface area contributed by atoms with Crippen LogP contribution in [0.2, 0.25) is 0 Å². The van der Waals surface area contributed by atoms with Crippen LogP contribution in [-0.2, 0) is 23.9 Å². The number of carbonyl (C=O) groups excluding carboxylic acids is 3. The normalized spacial score (nSPS) is 20.3. The summed E-state index contributed by atoms with van der Waals surface area (Å²) < 4.78 is 4.76. The van der Waals surface area contributed by atoms with Gasteiger partial charge in [0.05, 0.1) is 13.0 Å². The summed E-state index contributed by atoms with van der Waals surface area (Å²) in [4.78, 5) is 45.6. The van der Waals surface area contributed by atoms with E-state index in [1.165, 1.54) is 0 Å². The molecule has 0 aromatic rings. The molecule has 0 aromatic carbocycles. The molecular formula is C13H20N2O6. The van der Waals surface area contributed by atoms with Gasteiger partial charge in [0, 0.05) is 6.42 Å². The minimum atomic E-state index is -1.23. The number of ether oxygens (including phenoxy) is 1. The molecule has 21 heavy (non-hydrogen) atoms. The first-order valence-corrected chi connectivity index (χ1v) is 6.83. The largest absolute Gasteiger partial charge is 0.480 e. The lowest BCUT2D eigenvalue weighted by Crippen LogP contribution is -2.51. The molecule has 1 saturated heterocycles. The first kappa shape index (κ1) is 16.9. The van der Waals surface area contributed by atoms with Crippen LogP contribution in [0.3, 0.4) is 0 Å². The van der Waals surface area contributed by atoms with Gasteiger partial charge in [-0.2, -0.15) is 0 Å². The molecule has 2 amide bonds. The second-order valence-electron chi connectivity index (χ2n) is 4.97. The molecule has 8 heteroatoms. The van der Waals surface area contributed by atoms with E-state index in [0.717, 1.165) is 0 Å². The summed E-state index contributed by atoms with van der Waals surface area (Å²) >= 11 is 0. The third-order valence-corrected chi connectivity index (χ3v) is 3.24. The molecule has 0 unspecified atom stereocenters. The van der Waals surface area contributed by atoms with E-state index >= 15 is 0 Å². The molecule has 1 aliphatic heterocycles. The third kappa shape index (κ3) is 5.05. The number of rotatable bonds is 7. The number of aliphatic carboxylic acids is 1. The van der Waals surface area contributed by atoms with Crippen molar-refractivity contribution >= 4 is 23.8 Å². The molecule has 0 radical (unpaired) electrons. The Morgan fingerprint density at radius 3 is 2.62 bits per heavy atom. The Bertz CT molecular complexity index is 436. The zero-order valence-electron chi connectivity index (χ0n) is 12.0. The fourth-order valence-electron chi connectivity index (χ4n) is 2.11. The highest BCUT2D eigenvalue weighted by Gasteiger charge is 2.33. The number of esters is 1. The highest BCUT2D eigenvalue weighted by molar-refractivity contribution is 5.93. The summed E-state index contributed by atoms with van der Waals surface area (Å²) in [6.45, 7) is 3.41. The maximum Gasteiger partial charge on any atom is 0.326 e. The molecule has 0 bridgehead atoms. The minimum absolute atomic E-state index is 0.109. The summed E-state index contributed by atoms with van der Waals surface area (Å²) in [5, 5.41) is 14.0. The fraction of sp³-hybridized carbons (Fsp3) is 0.692. The predicted molar refractivity (Wildman–Crippen MR) is 71.1 cm³/mol. The maximum atomic E-state index is 11.9. The van der Waals surface area contributed by atoms with E-state index in [-0.39, 0.29) is 25.4 Å². The van der Waals surface area contributed by atoms with Crippen LogP contribution in [0, 0.1) is 5.92 Å². The lowest BCUT2D eigenvalue weighted by molar-refractivity contribution is -0.147. The Balaban J connectivity index is 2.60. The number of nitrogens with one attached hydrogen (secondary N) is 2. The second-order valence-corrected chi connectivity index (χ2v) is 4.97. The number of carboxylic acid groups (broad SMARTS) is 1. The van der Waals surface area contributed by atoms with Crippen LogP contribution in [-0.4, -0.2) is 47.6 Å². The summed E-state index contributed by atoms with van der Waals surface area (Å²) in [7, 11) is 0. The quantitative estimate of drug-likeness (QED) is 0.541. The van der Waals surface area contributed by atoms with Crippen molar-refractivity contribution in [1.82, 2.24) is 10.6 Å². The van der Waals surface area contributed by atoms with E-state index < -0.39 is 35.8 Å². The topological polar surface area (TPSA) is 122 Å². The number of hydrogen-bond acceptors (Lipinski definition) is 5. The number of hydrogen-bond donors (Lipinski definition) is 3. The molecule has 1 heterocycles. The van der Waals surface area contributed by atoms with Gasteiger partial charge in [-0.15, -0.1) is 0 Å². The van der Waals surface area contributed by atoms with Gasteiger partial charge in [0.15, 0.2) is 0 Å². The van der Waals surface area contributed by atoms with Crippen molar-refractivity contribution in [3.8, 4) is 0 Å². The molecule has 3 atom stereocenters. The first-order valence-electron chi connectivity index (χ1n) is 6.83. The SMILES string of the molecule is CCOC(=O)C[C@H](C)[C@H](NC(=O)[C@H]1CCC(=O)N1)C(=O)O. The van der Waals surface area contributed by atoms with Crippen molar-refractivity contribution in [2.24, 2.45) is 5.92 Å². The van der Waals surface area contributed by atoms with Crippen molar-refractivity contribution < 1.29 is 29.0 Å². The summed E-state index contributed by atoms with van der Waals surface area (Å²) in [6, 6.07) is -1.92. The molecule has 0 spiro atoms. The van der Waals surface area contributed by atoms with Crippen molar-refractivity contribution in [3.63, 3.8) is 0 Å². The van der Waals surface area contributed by atoms with Crippen molar-refractivity contribution in [2.45, 2.75) is 45.2 Å². The van der Waals surface area contributed by atoms with Gasteiger partial charge >= 0.3 is 11.9 Å². The molecule has 1 rings (SSSR count). The van der Waals surface area contributed by atoms with Gasteiger partial charge in [-0.05, 0) is 19.3 Å². The Morgan fingerprint density at radius 1 is 1.48 bits per heavy atom. The Morgan fingerprint density at radius 2 is 2.14 bits per heavy atom. The van der Waals surface area contributed by atoms with Gasteiger partial charge in [0.1, 0.15) is 12.1 Å². The average molecular weight is 300 g/mol. The standard InChI is InChI=1S/C13H20N2O6/c1-3-21-10(17)6-7(2)11(13(19)20)15-12(18)8-4-5-9(16)14-8/h7-8,11H,3-6H2,1-2H3,(H,14,16)(H,15,18)(H,19,20)/t7-,8+,11-/m0/s1. The number of carboxylic acids is 1. The molecule has 8 nitrogen and oxygen atoms in total. The molecule has 1 fully saturated rings. The van der Waals surface area contributed by atoms with Gasteiger partial charge in [0.25, 0.3) is 0 Å². The molecule has 0 aromatic heterocycles. The van der Waals surface area contributed by atoms with Crippen LogP contribution in [0.4, 0.5) is 0 Å². The van der Waals surface area contributed by atoms with Gasteiger partial charge in [0.2, 0.25) is 11.8 Å². The van der Waals surface area contributed by atoms with E-state index in [2.05, 4.69) is 10.6 Å². The van der Waals surface area contributed by atoms with Crippen LogP contribution in [0.1, 0.15) is 33.1 Å². The van der Waals surface area contributed by atoms with Crippen LogP contribution in [0.15, 0.2) is 0 Å². The predicted octanol–water partition coefficient (Wildman–Crippen LogP) is -0.576. The molecule has 0 saturated carbocycles. The van der Waals surface area contributed by atoms with Crippen LogP contribution in [0.5, 0.6) is 0 Å². The Labute approximate surface area is 122 Å². The van der Waals surface area contributed by atoms with Crippen molar-refractivity contribution in [1.29, 1.82) is 0 Å². The van der Waals surface area contributed by atoms with Crippen LogP contribution >= 0.6 is 0 Å². The van der Waals surface area contributed by atoms with Gasteiger partial charge in [-0.3, -0.25) is 14.4 Å². The Hall–Kier alpha value is -2.12. The summed E-state index contributed by atoms with van der Waals surface area (Å²) in [5.41, 5.74) is 0. The molecule has 118 valence electrons. The number of amides is 2. The molecular weight excluding hydrogens is 280 g/mol. The lowest BCUT2D eigenvalue weighted by atomic mass is 9.98. The van der Waals surface area contributed by atoms with Crippen LogP contribution in [0.25, 0.3) is 0 Å². The summed E-state index contributed by atoms with van der Waals surface area (Å²) in [5.74, 6) is -3.16.